The molecule has 0 heterocycles. The fraction of sp³-hybridized carbons (Fsp3) is 0.429. The van der Waals surface area contributed by atoms with E-state index >= 15 is 0 Å². The van der Waals surface area contributed by atoms with Gasteiger partial charge in [-0.15, -0.1) is 0 Å². The molecule has 0 aliphatic carbocycles. The summed E-state index contributed by atoms with van der Waals surface area (Å²) < 4.78 is 17.9. The second kappa shape index (κ2) is 11.5. The van der Waals surface area contributed by atoms with E-state index in [2.05, 4.69) is 21.2 Å². The van der Waals surface area contributed by atoms with Gasteiger partial charge < -0.3 is 19.5 Å². The lowest BCUT2D eigenvalue weighted by atomic mass is 10.2. The summed E-state index contributed by atoms with van der Waals surface area (Å²) in [5, 5.41) is 4.11. The van der Waals surface area contributed by atoms with Gasteiger partial charge in [-0.25, -0.2) is 0 Å². The molecule has 0 saturated carbocycles. The number of hydrogen-bond acceptors (Lipinski definition) is 4. The summed E-state index contributed by atoms with van der Waals surface area (Å²) in [5.74, 6) is 1.36. The van der Waals surface area contributed by atoms with Crippen LogP contribution in [-0.2, 0) is 17.9 Å². The third-order valence-corrected chi connectivity index (χ3v) is 4.86. The van der Waals surface area contributed by atoms with Crippen molar-refractivity contribution in [3.8, 4) is 11.5 Å². The maximum Gasteiger partial charge on any atom is 0.175 e. The second-order valence-electron chi connectivity index (χ2n) is 6.44. The molecule has 1 N–H and O–H groups in total. The third kappa shape index (κ3) is 7.34. The summed E-state index contributed by atoms with van der Waals surface area (Å²) >= 11 is 9.79. The summed E-state index contributed by atoms with van der Waals surface area (Å²) in [5.41, 5.74) is 2.05. The monoisotopic (exact) mass is 455 g/mol. The average molecular weight is 457 g/mol. The highest BCUT2D eigenvalue weighted by atomic mass is 79.9. The van der Waals surface area contributed by atoms with Crippen molar-refractivity contribution < 1.29 is 14.2 Å². The van der Waals surface area contributed by atoms with Crippen LogP contribution in [0.1, 0.15) is 31.4 Å². The molecule has 0 bridgehead atoms. The van der Waals surface area contributed by atoms with Crippen LogP contribution < -0.4 is 14.8 Å². The molecule has 0 radical (unpaired) electrons. The van der Waals surface area contributed by atoms with E-state index in [1.807, 2.05) is 50.2 Å². The lowest BCUT2D eigenvalue weighted by molar-refractivity contribution is 0.0770. The van der Waals surface area contributed by atoms with Crippen molar-refractivity contribution in [2.45, 2.75) is 39.5 Å². The number of rotatable bonds is 11. The topological polar surface area (TPSA) is 39.7 Å². The van der Waals surface area contributed by atoms with Crippen LogP contribution in [0.25, 0.3) is 0 Å². The van der Waals surface area contributed by atoms with Gasteiger partial charge in [0.05, 0.1) is 17.7 Å². The third-order valence-electron chi connectivity index (χ3n) is 3.90. The molecule has 0 amide bonds. The Labute approximate surface area is 175 Å². The maximum atomic E-state index is 6.20. The van der Waals surface area contributed by atoms with Gasteiger partial charge in [0.15, 0.2) is 11.5 Å². The van der Waals surface area contributed by atoms with Gasteiger partial charge >= 0.3 is 0 Å². The van der Waals surface area contributed by atoms with Crippen LogP contribution in [0.2, 0.25) is 5.02 Å². The molecule has 4 nitrogen and oxygen atoms in total. The van der Waals surface area contributed by atoms with E-state index in [1.54, 1.807) is 7.11 Å². The van der Waals surface area contributed by atoms with E-state index in [0.717, 1.165) is 41.7 Å². The Hall–Kier alpha value is -1.27. The van der Waals surface area contributed by atoms with Crippen molar-refractivity contribution >= 4 is 27.5 Å². The molecule has 2 aromatic carbocycles. The van der Waals surface area contributed by atoms with Crippen LogP contribution in [0.5, 0.6) is 11.5 Å². The highest BCUT2D eigenvalue weighted by Crippen LogP contribution is 2.37. The molecule has 2 rings (SSSR count). The Morgan fingerprint density at radius 2 is 1.96 bits per heavy atom. The van der Waals surface area contributed by atoms with Crippen molar-refractivity contribution in [2.24, 2.45) is 0 Å². The Kier molecular flexibility index (Phi) is 9.42. The quantitative estimate of drug-likeness (QED) is 0.447. The van der Waals surface area contributed by atoms with Crippen LogP contribution in [-0.4, -0.2) is 26.4 Å². The fourth-order valence-corrected chi connectivity index (χ4v) is 3.32. The van der Waals surface area contributed by atoms with Gasteiger partial charge in [0.2, 0.25) is 0 Å². The van der Waals surface area contributed by atoms with Gasteiger partial charge in [-0.2, -0.15) is 0 Å². The number of hydrogen-bond donors (Lipinski definition) is 1. The zero-order chi connectivity index (χ0) is 19.6. The van der Waals surface area contributed by atoms with E-state index in [9.17, 15) is 0 Å². The van der Waals surface area contributed by atoms with Gasteiger partial charge in [0.1, 0.15) is 6.61 Å². The number of methoxy groups -OCH3 is 1. The van der Waals surface area contributed by atoms with Crippen molar-refractivity contribution in [1.82, 2.24) is 5.32 Å². The van der Waals surface area contributed by atoms with Gasteiger partial charge in [-0.05, 0) is 66.5 Å². The molecule has 0 aliphatic heterocycles. The number of halogens is 2. The van der Waals surface area contributed by atoms with Gasteiger partial charge in [-0.3, -0.25) is 0 Å². The van der Waals surface area contributed by atoms with Crippen molar-refractivity contribution in [3.05, 3.63) is 57.0 Å². The maximum absolute atomic E-state index is 6.20. The predicted molar refractivity (Wildman–Crippen MR) is 114 cm³/mol. The molecule has 0 atom stereocenters. The summed E-state index contributed by atoms with van der Waals surface area (Å²) in [7, 11) is 1.64. The summed E-state index contributed by atoms with van der Waals surface area (Å²) in [6.45, 7) is 6.90. The van der Waals surface area contributed by atoms with E-state index in [4.69, 9.17) is 25.8 Å². The van der Waals surface area contributed by atoms with Crippen LogP contribution in [0.4, 0.5) is 0 Å². The average Bonchev–Trinajstić information content (AvgIpc) is 2.64. The minimum atomic E-state index is 0.281. The highest BCUT2D eigenvalue weighted by molar-refractivity contribution is 9.10. The Balaban J connectivity index is 1.93. The Morgan fingerprint density at radius 3 is 2.67 bits per heavy atom. The van der Waals surface area contributed by atoms with Gasteiger partial charge in [0.25, 0.3) is 0 Å². The van der Waals surface area contributed by atoms with Gasteiger partial charge in [-0.1, -0.05) is 29.8 Å². The first-order chi connectivity index (χ1) is 13.0. The van der Waals surface area contributed by atoms with Crippen LogP contribution in [0.15, 0.2) is 40.9 Å². The Morgan fingerprint density at radius 1 is 1.19 bits per heavy atom. The standard InChI is InChI=1S/C21H27BrClNO3/c1-15(2)26-10-6-9-24-13-16-11-18(22)21(20(12-16)25-3)27-14-17-7-4-5-8-19(17)23/h4-5,7-8,11-12,15,24H,6,9-10,13-14H2,1-3H3. The first-order valence-electron chi connectivity index (χ1n) is 9.06. The largest absolute Gasteiger partial charge is 0.493 e. The van der Waals surface area contributed by atoms with Crippen molar-refractivity contribution in [3.63, 3.8) is 0 Å². The molecule has 0 fully saturated rings. The number of benzene rings is 2. The molecule has 0 saturated heterocycles. The zero-order valence-electron chi connectivity index (χ0n) is 16.1. The molecule has 0 aliphatic rings. The number of nitrogens with one attached hydrogen (secondary N) is 1. The molecule has 0 spiro atoms. The molecule has 6 heteroatoms. The summed E-state index contributed by atoms with van der Waals surface area (Å²) in [6, 6.07) is 11.7. The van der Waals surface area contributed by atoms with E-state index in [-0.39, 0.29) is 6.10 Å². The lowest BCUT2D eigenvalue weighted by Crippen LogP contribution is -2.17. The first-order valence-corrected chi connectivity index (χ1v) is 10.2. The van der Waals surface area contributed by atoms with Crippen molar-refractivity contribution in [1.29, 1.82) is 0 Å². The highest BCUT2D eigenvalue weighted by Gasteiger charge is 2.12. The SMILES string of the molecule is COc1cc(CNCCCOC(C)C)cc(Br)c1OCc1ccccc1Cl. The van der Waals surface area contributed by atoms with E-state index in [1.165, 1.54) is 0 Å². The molecular formula is C21H27BrClNO3. The smallest absolute Gasteiger partial charge is 0.175 e. The first kappa shape index (κ1) is 22.0. The molecule has 0 unspecified atom stereocenters. The van der Waals surface area contributed by atoms with E-state index in [0.29, 0.717) is 23.1 Å². The van der Waals surface area contributed by atoms with Crippen LogP contribution in [0, 0.1) is 0 Å². The van der Waals surface area contributed by atoms with Gasteiger partial charge in [0, 0.05) is 23.7 Å². The Bertz CT molecular complexity index is 725. The molecule has 0 aromatic heterocycles. The van der Waals surface area contributed by atoms with Crippen LogP contribution in [0.3, 0.4) is 0 Å². The molecule has 27 heavy (non-hydrogen) atoms. The van der Waals surface area contributed by atoms with Crippen molar-refractivity contribution in [2.75, 3.05) is 20.3 Å². The number of ether oxygens (including phenoxy) is 3. The molecular weight excluding hydrogens is 430 g/mol. The zero-order valence-corrected chi connectivity index (χ0v) is 18.4. The molecule has 148 valence electrons. The van der Waals surface area contributed by atoms with Crippen LogP contribution >= 0.6 is 27.5 Å². The minimum Gasteiger partial charge on any atom is -0.493 e. The summed E-state index contributed by atoms with van der Waals surface area (Å²) in [6.07, 6.45) is 1.26. The minimum absolute atomic E-state index is 0.281. The molecule has 2 aromatic rings. The predicted octanol–water partition coefficient (Wildman–Crippen LogP) is 5.59. The fourth-order valence-electron chi connectivity index (χ4n) is 2.53. The lowest BCUT2D eigenvalue weighted by Gasteiger charge is -2.15. The van der Waals surface area contributed by atoms with E-state index < -0.39 is 0 Å². The summed E-state index contributed by atoms with van der Waals surface area (Å²) in [4.78, 5) is 0. The normalized spacial score (nSPS) is 11.0. The second-order valence-corrected chi connectivity index (χ2v) is 7.70.